The number of nitrogens with zero attached hydrogens (tertiary/aromatic N) is 2. The lowest BCUT2D eigenvalue weighted by Crippen LogP contribution is -2.23. The van der Waals surface area contributed by atoms with Crippen LogP contribution in [0.5, 0.6) is 0 Å². The third-order valence-corrected chi connectivity index (χ3v) is 2.11. The minimum atomic E-state index is -0.417. The van der Waals surface area contributed by atoms with Crippen LogP contribution in [0.3, 0.4) is 0 Å². The Morgan fingerprint density at radius 2 is 2.44 bits per heavy atom. The first-order valence-electron chi connectivity index (χ1n) is 5.13. The number of carbonyl (C=O) groups excluding carboxylic acids is 1. The first-order valence-corrected chi connectivity index (χ1v) is 5.13. The smallest absolute Gasteiger partial charge is 0.407 e. The standard InChI is InChI=1S/C11H13N3O2/c1-2-16-11(15)12-8-9-7-10-5-3-4-6-14(10)13-9/h3-7H,2,8H2,1H3,(H,12,15). The summed E-state index contributed by atoms with van der Waals surface area (Å²) in [6.07, 6.45) is 1.45. The second-order valence-electron chi connectivity index (χ2n) is 3.28. The van der Waals surface area contributed by atoms with Gasteiger partial charge in [-0.1, -0.05) is 6.07 Å². The monoisotopic (exact) mass is 219 g/mol. The van der Waals surface area contributed by atoms with Gasteiger partial charge in [0.25, 0.3) is 0 Å². The Kier molecular flexibility index (Phi) is 3.05. The summed E-state index contributed by atoms with van der Waals surface area (Å²) in [4.78, 5) is 11.1. The fourth-order valence-corrected chi connectivity index (χ4v) is 1.42. The van der Waals surface area contributed by atoms with Crippen LogP contribution in [0.4, 0.5) is 4.79 Å². The zero-order valence-electron chi connectivity index (χ0n) is 9.01. The molecule has 2 rings (SSSR count). The van der Waals surface area contributed by atoms with E-state index in [4.69, 9.17) is 4.74 Å². The highest BCUT2D eigenvalue weighted by Crippen LogP contribution is 2.05. The third kappa shape index (κ3) is 2.31. The van der Waals surface area contributed by atoms with E-state index in [2.05, 4.69) is 10.4 Å². The zero-order chi connectivity index (χ0) is 11.4. The largest absolute Gasteiger partial charge is 0.450 e. The first-order chi connectivity index (χ1) is 7.79. The molecule has 2 aromatic heterocycles. The summed E-state index contributed by atoms with van der Waals surface area (Å²) < 4.78 is 6.52. The number of nitrogens with one attached hydrogen (secondary N) is 1. The molecule has 2 aromatic rings. The van der Waals surface area contributed by atoms with Crippen molar-refractivity contribution in [2.75, 3.05) is 6.61 Å². The minimum Gasteiger partial charge on any atom is -0.450 e. The Labute approximate surface area is 93.0 Å². The maximum Gasteiger partial charge on any atom is 0.407 e. The molecule has 0 spiro atoms. The van der Waals surface area contributed by atoms with Crippen LogP contribution in [-0.2, 0) is 11.3 Å². The molecule has 0 aromatic carbocycles. The Bertz CT molecular complexity index is 460. The van der Waals surface area contributed by atoms with Gasteiger partial charge in [0.1, 0.15) is 0 Å². The molecule has 0 fully saturated rings. The highest BCUT2D eigenvalue weighted by Gasteiger charge is 2.03. The van der Waals surface area contributed by atoms with Gasteiger partial charge in [0.15, 0.2) is 0 Å². The number of fused-ring (bicyclic) bond motifs is 1. The molecule has 0 atom stereocenters. The van der Waals surface area contributed by atoms with Crippen molar-refractivity contribution in [3.05, 3.63) is 36.2 Å². The molecule has 84 valence electrons. The Hall–Kier alpha value is -2.04. The molecular formula is C11H13N3O2. The topological polar surface area (TPSA) is 55.6 Å². The number of rotatable bonds is 3. The first kappa shape index (κ1) is 10.5. The Morgan fingerprint density at radius 1 is 1.56 bits per heavy atom. The molecule has 0 unspecified atom stereocenters. The number of amides is 1. The highest BCUT2D eigenvalue weighted by molar-refractivity contribution is 5.67. The predicted molar refractivity (Wildman–Crippen MR) is 59.1 cm³/mol. The lowest BCUT2D eigenvalue weighted by molar-refractivity contribution is 0.151. The summed E-state index contributed by atoms with van der Waals surface area (Å²) in [5, 5.41) is 6.92. The van der Waals surface area contributed by atoms with Crippen molar-refractivity contribution in [1.29, 1.82) is 0 Å². The summed E-state index contributed by atoms with van der Waals surface area (Å²) in [5.74, 6) is 0. The summed E-state index contributed by atoms with van der Waals surface area (Å²) >= 11 is 0. The lowest BCUT2D eigenvalue weighted by atomic mass is 10.3. The quantitative estimate of drug-likeness (QED) is 0.852. The van der Waals surface area contributed by atoms with Crippen LogP contribution in [0.1, 0.15) is 12.6 Å². The molecule has 0 aliphatic carbocycles. The van der Waals surface area contributed by atoms with Gasteiger partial charge in [-0.25, -0.2) is 9.31 Å². The summed E-state index contributed by atoms with van der Waals surface area (Å²) in [7, 11) is 0. The maximum atomic E-state index is 11.1. The maximum absolute atomic E-state index is 11.1. The van der Waals surface area contributed by atoms with Crippen LogP contribution in [0.2, 0.25) is 0 Å². The average Bonchev–Trinajstić information content (AvgIpc) is 2.69. The predicted octanol–water partition coefficient (Wildman–Crippen LogP) is 1.58. The molecule has 0 saturated carbocycles. The van der Waals surface area contributed by atoms with Crippen LogP contribution in [-0.4, -0.2) is 22.3 Å². The van der Waals surface area contributed by atoms with E-state index in [1.54, 1.807) is 11.4 Å². The third-order valence-electron chi connectivity index (χ3n) is 2.11. The minimum absolute atomic E-state index is 0.372. The van der Waals surface area contributed by atoms with Gasteiger partial charge in [0, 0.05) is 6.20 Å². The van der Waals surface area contributed by atoms with E-state index in [0.717, 1.165) is 11.2 Å². The molecule has 0 radical (unpaired) electrons. The van der Waals surface area contributed by atoms with Crippen LogP contribution >= 0.6 is 0 Å². The molecule has 0 saturated heterocycles. The van der Waals surface area contributed by atoms with Crippen molar-refractivity contribution in [2.45, 2.75) is 13.5 Å². The molecule has 1 N–H and O–H groups in total. The number of ether oxygens (including phenoxy) is 1. The van der Waals surface area contributed by atoms with Gasteiger partial charge in [-0.15, -0.1) is 0 Å². The summed E-state index contributed by atoms with van der Waals surface area (Å²) in [6.45, 7) is 2.52. The van der Waals surface area contributed by atoms with E-state index >= 15 is 0 Å². The van der Waals surface area contributed by atoms with E-state index in [-0.39, 0.29) is 0 Å². The van der Waals surface area contributed by atoms with Crippen molar-refractivity contribution in [3.63, 3.8) is 0 Å². The normalized spacial score (nSPS) is 10.3. The number of hydrogen-bond donors (Lipinski definition) is 1. The van der Waals surface area contributed by atoms with E-state index in [9.17, 15) is 4.79 Å². The van der Waals surface area contributed by atoms with E-state index in [1.165, 1.54) is 0 Å². The number of alkyl carbamates (subject to hydrolysis) is 1. The van der Waals surface area contributed by atoms with Crippen LogP contribution in [0.15, 0.2) is 30.5 Å². The number of aromatic nitrogens is 2. The second-order valence-corrected chi connectivity index (χ2v) is 3.28. The van der Waals surface area contributed by atoms with E-state index in [1.807, 2.05) is 30.5 Å². The number of carbonyl (C=O) groups is 1. The summed E-state index contributed by atoms with van der Waals surface area (Å²) in [5.41, 5.74) is 1.81. The SMILES string of the molecule is CCOC(=O)NCc1cc2ccccn2n1. The second kappa shape index (κ2) is 4.65. The molecule has 0 aliphatic rings. The molecule has 16 heavy (non-hydrogen) atoms. The molecule has 2 heterocycles. The van der Waals surface area contributed by atoms with E-state index in [0.29, 0.717) is 13.2 Å². The van der Waals surface area contributed by atoms with Crippen molar-refractivity contribution in [2.24, 2.45) is 0 Å². The molecule has 1 amide bonds. The molecule has 0 bridgehead atoms. The van der Waals surface area contributed by atoms with Crippen molar-refractivity contribution in [1.82, 2.24) is 14.9 Å². The van der Waals surface area contributed by atoms with Crippen LogP contribution in [0, 0.1) is 0 Å². The van der Waals surface area contributed by atoms with E-state index < -0.39 is 6.09 Å². The Balaban J connectivity index is 2.02. The highest BCUT2D eigenvalue weighted by atomic mass is 16.5. The molecular weight excluding hydrogens is 206 g/mol. The fraction of sp³-hybridized carbons (Fsp3) is 0.273. The van der Waals surface area contributed by atoms with Gasteiger partial charge < -0.3 is 10.1 Å². The number of hydrogen-bond acceptors (Lipinski definition) is 3. The van der Waals surface area contributed by atoms with Crippen LogP contribution in [0.25, 0.3) is 5.52 Å². The van der Waals surface area contributed by atoms with Crippen LogP contribution < -0.4 is 5.32 Å². The van der Waals surface area contributed by atoms with Gasteiger partial charge in [0.2, 0.25) is 0 Å². The average molecular weight is 219 g/mol. The van der Waals surface area contributed by atoms with Gasteiger partial charge in [-0.3, -0.25) is 0 Å². The zero-order valence-corrected chi connectivity index (χ0v) is 9.01. The van der Waals surface area contributed by atoms with Crippen molar-refractivity contribution < 1.29 is 9.53 Å². The van der Waals surface area contributed by atoms with Gasteiger partial charge in [-0.2, -0.15) is 5.10 Å². The lowest BCUT2D eigenvalue weighted by Gasteiger charge is -2.01. The molecule has 5 nitrogen and oxygen atoms in total. The van der Waals surface area contributed by atoms with Crippen molar-refractivity contribution >= 4 is 11.6 Å². The van der Waals surface area contributed by atoms with Gasteiger partial charge >= 0.3 is 6.09 Å². The molecule has 0 aliphatic heterocycles. The van der Waals surface area contributed by atoms with Gasteiger partial charge in [-0.05, 0) is 25.1 Å². The Morgan fingerprint density at radius 3 is 3.19 bits per heavy atom. The van der Waals surface area contributed by atoms with Gasteiger partial charge in [0.05, 0.1) is 24.4 Å². The fourth-order valence-electron chi connectivity index (χ4n) is 1.42. The summed E-state index contributed by atoms with van der Waals surface area (Å²) in [6, 6.07) is 7.73. The number of pyridine rings is 1. The van der Waals surface area contributed by atoms with Crippen molar-refractivity contribution in [3.8, 4) is 0 Å². The molecule has 5 heteroatoms.